The average Bonchev–Trinajstić information content (AvgIpc) is 2.99. The number of anilines is 2. The van der Waals surface area contributed by atoms with Gasteiger partial charge in [-0.25, -0.2) is 15.0 Å². The van der Waals surface area contributed by atoms with E-state index < -0.39 is 0 Å². The number of rotatable bonds is 5. The maximum Gasteiger partial charge on any atom is 0.237 e. The van der Waals surface area contributed by atoms with Crippen molar-refractivity contribution in [3.63, 3.8) is 0 Å². The molecule has 1 amide bonds. The van der Waals surface area contributed by atoms with E-state index in [1.165, 1.54) is 0 Å². The Morgan fingerprint density at radius 2 is 2.33 bits per heavy atom. The molecule has 2 aromatic rings. The minimum atomic E-state index is 0.0190. The first kappa shape index (κ1) is 17.1. The molecular weight excluding hydrogens is 346 g/mol. The molecule has 1 aliphatic heterocycles. The van der Waals surface area contributed by atoms with Crippen LogP contribution in [-0.4, -0.2) is 44.7 Å². The lowest BCUT2D eigenvalue weighted by molar-refractivity contribution is -0.130. The molecule has 1 saturated heterocycles. The third kappa shape index (κ3) is 4.42. The summed E-state index contributed by atoms with van der Waals surface area (Å²) in [5.41, 5.74) is 0.978. The molecule has 1 aliphatic rings. The van der Waals surface area contributed by atoms with Gasteiger partial charge in [0, 0.05) is 35.9 Å². The highest BCUT2D eigenvalue weighted by atomic mass is 35.5. The van der Waals surface area contributed by atoms with Gasteiger partial charge in [-0.2, -0.15) is 0 Å². The number of hydrogen-bond donors (Lipinski definition) is 1. The van der Waals surface area contributed by atoms with Crippen LogP contribution in [0.4, 0.5) is 10.9 Å². The molecule has 0 spiro atoms. The van der Waals surface area contributed by atoms with Gasteiger partial charge >= 0.3 is 0 Å². The SMILES string of the molecule is Cc1cnc(Nc2cc(CC3CCCN(C(=O)CCl)C3)ncn2)s1. The standard InChI is InChI=1S/C16H20ClN5OS/c1-11-8-18-16(24-11)21-14-6-13(19-10-20-14)5-12-3-2-4-22(9-12)15(23)7-17/h6,8,10,12H,2-5,7,9H2,1H3,(H,18,19,20,21). The number of nitrogens with zero attached hydrogens (tertiary/aromatic N) is 4. The van der Waals surface area contributed by atoms with Crippen molar-refractivity contribution in [2.45, 2.75) is 26.2 Å². The van der Waals surface area contributed by atoms with E-state index in [0.29, 0.717) is 5.92 Å². The molecule has 0 saturated carbocycles. The van der Waals surface area contributed by atoms with Crippen LogP contribution in [0.5, 0.6) is 0 Å². The van der Waals surface area contributed by atoms with E-state index in [9.17, 15) is 4.79 Å². The molecule has 2 aromatic heterocycles. The summed E-state index contributed by atoms with van der Waals surface area (Å²) in [7, 11) is 0. The lowest BCUT2D eigenvalue weighted by atomic mass is 9.93. The number of piperidine rings is 1. The second kappa shape index (κ2) is 7.90. The van der Waals surface area contributed by atoms with Crippen LogP contribution in [0.2, 0.25) is 0 Å². The van der Waals surface area contributed by atoms with Crippen molar-refractivity contribution in [2.75, 3.05) is 24.3 Å². The molecule has 128 valence electrons. The number of thiazole rings is 1. The van der Waals surface area contributed by atoms with E-state index in [1.54, 1.807) is 17.7 Å². The summed E-state index contributed by atoms with van der Waals surface area (Å²) in [4.78, 5) is 27.7. The maximum absolute atomic E-state index is 11.8. The summed E-state index contributed by atoms with van der Waals surface area (Å²) < 4.78 is 0. The predicted molar refractivity (Wildman–Crippen MR) is 95.9 cm³/mol. The predicted octanol–water partition coefficient (Wildman–Crippen LogP) is 3.01. The Kier molecular flexibility index (Phi) is 5.63. The Morgan fingerprint density at radius 1 is 1.46 bits per heavy atom. The van der Waals surface area contributed by atoms with Crippen molar-refractivity contribution in [3.05, 3.63) is 29.2 Å². The van der Waals surface area contributed by atoms with Gasteiger partial charge in [0.2, 0.25) is 5.91 Å². The molecule has 3 rings (SSSR count). The molecule has 1 unspecified atom stereocenters. The number of nitrogens with one attached hydrogen (secondary N) is 1. The molecule has 1 fully saturated rings. The van der Waals surface area contributed by atoms with Gasteiger partial charge in [-0.3, -0.25) is 4.79 Å². The van der Waals surface area contributed by atoms with E-state index >= 15 is 0 Å². The van der Waals surface area contributed by atoms with E-state index in [1.807, 2.05) is 24.1 Å². The van der Waals surface area contributed by atoms with E-state index in [4.69, 9.17) is 11.6 Å². The monoisotopic (exact) mass is 365 g/mol. The zero-order chi connectivity index (χ0) is 16.9. The highest BCUT2D eigenvalue weighted by Crippen LogP contribution is 2.23. The third-order valence-corrected chi connectivity index (χ3v) is 5.12. The first-order chi connectivity index (χ1) is 11.6. The molecule has 0 radical (unpaired) electrons. The van der Waals surface area contributed by atoms with E-state index in [2.05, 4.69) is 20.3 Å². The van der Waals surface area contributed by atoms with Crippen molar-refractivity contribution in [3.8, 4) is 0 Å². The zero-order valence-electron chi connectivity index (χ0n) is 13.5. The van der Waals surface area contributed by atoms with Crippen molar-refractivity contribution in [2.24, 2.45) is 5.92 Å². The molecule has 6 nitrogen and oxygen atoms in total. The molecule has 24 heavy (non-hydrogen) atoms. The third-order valence-electron chi connectivity index (χ3n) is 4.06. The second-order valence-corrected chi connectivity index (χ2v) is 7.48. The van der Waals surface area contributed by atoms with Crippen LogP contribution < -0.4 is 5.32 Å². The van der Waals surface area contributed by atoms with E-state index in [-0.39, 0.29) is 11.8 Å². The Hall–Kier alpha value is -1.73. The Bertz CT molecular complexity index is 707. The fourth-order valence-corrected chi connectivity index (χ4v) is 3.78. The van der Waals surface area contributed by atoms with Crippen molar-refractivity contribution >= 4 is 39.8 Å². The molecule has 0 bridgehead atoms. The number of carbonyl (C=O) groups excluding carboxylic acids is 1. The van der Waals surface area contributed by atoms with Crippen LogP contribution in [0.25, 0.3) is 0 Å². The zero-order valence-corrected chi connectivity index (χ0v) is 15.1. The first-order valence-corrected chi connectivity index (χ1v) is 9.33. The number of aromatic nitrogens is 3. The number of halogens is 1. The lowest BCUT2D eigenvalue weighted by Crippen LogP contribution is -2.41. The average molecular weight is 366 g/mol. The fraction of sp³-hybridized carbons (Fsp3) is 0.500. The highest BCUT2D eigenvalue weighted by Gasteiger charge is 2.23. The summed E-state index contributed by atoms with van der Waals surface area (Å²) in [6.45, 7) is 3.58. The summed E-state index contributed by atoms with van der Waals surface area (Å²) in [5.74, 6) is 1.24. The summed E-state index contributed by atoms with van der Waals surface area (Å²) in [6, 6.07) is 1.96. The van der Waals surface area contributed by atoms with Crippen molar-refractivity contribution in [1.29, 1.82) is 0 Å². The highest BCUT2D eigenvalue weighted by molar-refractivity contribution is 7.15. The number of carbonyl (C=O) groups is 1. The van der Waals surface area contributed by atoms with Gasteiger partial charge in [-0.05, 0) is 32.1 Å². The largest absolute Gasteiger partial charge is 0.341 e. The quantitative estimate of drug-likeness (QED) is 0.825. The summed E-state index contributed by atoms with van der Waals surface area (Å²) in [5, 5.41) is 4.04. The summed E-state index contributed by atoms with van der Waals surface area (Å²) in [6.07, 6.45) is 6.36. The molecule has 0 aromatic carbocycles. The normalized spacial score (nSPS) is 17.8. The minimum Gasteiger partial charge on any atom is -0.341 e. The fourth-order valence-electron chi connectivity index (χ4n) is 2.94. The van der Waals surface area contributed by atoms with Gasteiger partial charge < -0.3 is 10.2 Å². The van der Waals surface area contributed by atoms with Gasteiger partial charge in [0.1, 0.15) is 18.0 Å². The van der Waals surface area contributed by atoms with Crippen molar-refractivity contribution in [1.82, 2.24) is 19.9 Å². The van der Waals surface area contributed by atoms with Gasteiger partial charge in [0.05, 0.1) is 0 Å². The summed E-state index contributed by atoms with van der Waals surface area (Å²) >= 11 is 7.26. The Labute approximate surface area is 150 Å². The van der Waals surface area contributed by atoms with Gasteiger partial charge in [0.25, 0.3) is 0 Å². The molecular formula is C16H20ClN5OS. The van der Waals surface area contributed by atoms with Gasteiger partial charge in [0.15, 0.2) is 5.13 Å². The van der Waals surface area contributed by atoms with Crippen LogP contribution >= 0.6 is 22.9 Å². The molecule has 3 heterocycles. The van der Waals surface area contributed by atoms with E-state index in [0.717, 1.165) is 53.9 Å². The van der Waals surface area contributed by atoms with Crippen LogP contribution in [-0.2, 0) is 11.2 Å². The van der Waals surface area contributed by atoms with Crippen molar-refractivity contribution < 1.29 is 4.79 Å². The Balaban J connectivity index is 1.62. The second-order valence-electron chi connectivity index (χ2n) is 5.98. The van der Waals surface area contributed by atoms with Crippen LogP contribution in [0.3, 0.4) is 0 Å². The van der Waals surface area contributed by atoms with Crippen LogP contribution in [0.1, 0.15) is 23.4 Å². The molecule has 1 atom stereocenters. The van der Waals surface area contributed by atoms with Gasteiger partial charge in [-0.1, -0.05) is 0 Å². The van der Waals surface area contributed by atoms with Crippen LogP contribution in [0.15, 0.2) is 18.6 Å². The minimum absolute atomic E-state index is 0.0190. The number of alkyl halides is 1. The number of hydrogen-bond acceptors (Lipinski definition) is 6. The molecule has 1 N–H and O–H groups in total. The number of amides is 1. The topological polar surface area (TPSA) is 71.0 Å². The number of likely N-dealkylation sites (tertiary alicyclic amines) is 1. The molecule has 8 heteroatoms. The smallest absolute Gasteiger partial charge is 0.237 e. The lowest BCUT2D eigenvalue weighted by Gasteiger charge is -2.32. The number of aryl methyl sites for hydroxylation is 1. The maximum atomic E-state index is 11.8. The van der Waals surface area contributed by atoms with Crippen LogP contribution in [0, 0.1) is 12.8 Å². The van der Waals surface area contributed by atoms with Gasteiger partial charge in [-0.15, -0.1) is 22.9 Å². The first-order valence-electron chi connectivity index (χ1n) is 7.98. The molecule has 0 aliphatic carbocycles. The Morgan fingerprint density at radius 3 is 3.08 bits per heavy atom.